The minimum absolute atomic E-state index is 0.207. The van der Waals surface area contributed by atoms with Crippen molar-refractivity contribution in [2.75, 3.05) is 0 Å². The summed E-state index contributed by atoms with van der Waals surface area (Å²) in [7, 11) is 0.207. The Bertz CT molecular complexity index is 59.5. The molecular formula is C6H12OSi. The van der Waals surface area contributed by atoms with E-state index in [0.29, 0.717) is 5.54 Å². The van der Waals surface area contributed by atoms with E-state index in [-0.39, 0.29) is 9.76 Å². The molecule has 0 aliphatic heterocycles. The van der Waals surface area contributed by atoms with Crippen molar-refractivity contribution in [2.24, 2.45) is 0 Å². The molecule has 2 heteroatoms. The molecule has 1 rings (SSSR count). The Morgan fingerprint density at radius 1 is 1.12 bits per heavy atom. The van der Waals surface area contributed by atoms with Crippen LogP contribution in [0.2, 0.25) is 5.54 Å². The molecule has 0 atom stereocenters. The number of rotatable bonds is 1. The van der Waals surface area contributed by atoms with Gasteiger partial charge in [0.05, 0.1) is 0 Å². The van der Waals surface area contributed by atoms with Crippen molar-refractivity contribution in [3.05, 3.63) is 0 Å². The molecule has 2 radical (unpaired) electrons. The second-order valence-electron chi connectivity index (χ2n) is 2.46. The maximum atomic E-state index is 8.72. The van der Waals surface area contributed by atoms with E-state index in [1.807, 2.05) is 0 Å². The van der Waals surface area contributed by atoms with E-state index in [1.165, 1.54) is 32.1 Å². The molecule has 0 aromatic rings. The van der Waals surface area contributed by atoms with Crippen LogP contribution in [-0.4, -0.2) is 14.6 Å². The molecule has 1 N–H and O–H groups in total. The Hall–Kier alpha value is 0.177. The standard InChI is InChI=1S/C6H12OSi/c7-8-6-4-2-1-3-5-6/h6-7H,1-5H2. The van der Waals surface area contributed by atoms with Crippen LogP contribution in [0, 0.1) is 0 Å². The average Bonchev–Trinajstić information content (AvgIpc) is 1.90. The van der Waals surface area contributed by atoms with Gasteiger partial charge >= 0.3 is 0 Å². The topological polar surface area (TPSA) is 20.2 Å². The van der Waals surface area contributed by atoms with Crippen LogP contribution in [-0.2, 0) is 0 Å². The van der Waals surface area contributed by atoms with Crippen molar-refractivity contribution in [3.8, 4) is 0 Å². The molecule has 8 heavy (non-hydrogen) atoms. The van der Waals surface area contributed by atoms with Crippen LogP contribution < -0.4 is 0 Å². The quantitative estimate of drug-likeness (QED) is 0.528. The van der Waals surface area contributed by atoms with Gasteiger partial charge in [-0.05, 0) is 5.54 Å². The summed E-state index contributed by atoms with van der Waals surface area (Å²) in [4.78, 5) is 8.72. The number of hydrogen-bond donors (Lipinski definition) is 1. The Balaban J connectivity index is 2.13. The molecule has 0 aromatic heterocycles. The highest BCUT2D eigenvalue weighted by Crippen LogP contribution is 2.26. The molecule has 0 aromatic carbocycles. The van der Waals surface area contributed by atoms with Gasteiger partial charge in [-0.1, -0.05) is 32.1 Å². The third-order valence-corrected chi connectivity index (χ3v) is 2.73. The highest BCUT2D eigenvalue weighted by atomic mass is 28.2. The zero-order valence-corrected chi connectivity index (χ0v) is 6.06. The summed E-state index contributed by atoms with van der Waals surface area (Å²) in [5.74, 6) is 0. The lowest BCUT2D eigenvalue weighted by atomic mass is 10.0. The first-order valence-electron chi connectivity index (χ1n) is 3.33. The average molecular weight is 128 g/mol. The van der Waals surface area contributed by atoms with Crippen LogP contribution >= 0.6 is 0 Å². The third kappa shape index (κ3) is 1.60. The van der Waals surface area contributed by atoms with Gasteiger partial charge in [0.1, 0.15) is 0 Å². The lowest BCUT2D eigenvalue weighted by molar-refractivity contribution is 0.465. The van der Waals surface area contributed by atoms with Crippen molar-refractivity contribution >= 4 is 9.76 Å². The summed E-state index contributed by atoms with van der Waals surface area (Å²) < 4.78 is 0. The summed E-state index contributed by atoms with van der Waals surface area (Å²) >= 11 is 0. The summed E-state index contributed by atoms with van der Waals surface area (Å²) in [5.41, 5.74) is 0.670. The first-order valence-corrected chi connectivity index (χ1v) is 4.35. The molecule has 0 amide bonds. The van der Waals surface area contributed by atoms with Crippen molar-refractivity contribution in [3.63, 3.8) is 0 Å². The molecule has 1 aliphatic rings. The molecule has 1 saturated carbocycles. The highest BCUT2D eigenvalue weighted by Gasteiger charge is 2.12. The van der Waals surface area contributed by atoms with Gasteiger partial charge in [0.25, 0.3) is 0 Å². The van der Waals surface area contributed by atoms with E-state index < -0.39 is 0 Å². The van der Waals surface area contributed by atoms with Crippen molar-refractivity contribution in [1.82, 2.24) is 0 Å². The van der Waals surface area contributed by atoms with Crippen LogP contribution in [0.15, 0.2) is 0 Å². The van der Waals surface area contributed by atoms with Crippen molar-refractivity contribution < 1.29 is 4.80 Å². The Kier molecular flexibility index (Phi) is 2.56. The monoisotopic (exact) mass is 128 g/mol. The van der Waals surface area contributed by atoms with Gasteiger partial charge in [0.15, 0.2) is 0 Å². The molecule has 0 spiro atoms. The predicted octanol–water partition coefficient (Wildman–Crippen LogP) is 1.35. The van der Waals surface area contributed by atoms with Gasteiger partial charge in [-0.3, -0.25) is 0 Å². The zero-order valence-electron chi connectivity index (χ0n) is 5.06. The summed E-state index contributed by atoms with van der Waals surface area (Å²) in [6.45, 7) is 0. The minimum Gasteiger partial charge on any atom is -0.431 e. The second-order valence-corrected chi connectivity index (χ2v) is 3.54. The minimum atomic E-state index is 0.207. The van der Waals surface area contributed by atoms with Gasteiger partial charge in [-0.2, -0.15) is 0 Å². The van der Waals surface area contributed by atoms with E-state index in [2.05, 4.69) is 0 Å². The van der Waals surface area contributed by atoms with Gasteiger partial charge in [-0.15, -0.1) is 0 Å². The fourth-order valence-corrected chi connectivity index (χ4v) is 1.90. The molecule has 1 fully saturated rings. The first-order chi connectivity index (χ1) is 3.93. The molecule has 0 heterocycles. The molecule has 0 saturated heterocycles. The van der Waals surface area contributed by atoms with Crippen LogP contribution in [0.4, 0.5) is 0 Å². The van der Waals surface area contributed by atoms with Crippen LogP contribution in [0.5, 0.6) is 0 Å². The van der Waals surface area contributed by atoms with E-state index in [1.54, 1.807) is 0 Å². The fourth-order valence-electron chi connectivity index (χ4n) is 1.23. The molecule has 1 nitrogen and oxygen atoms in total. The van der Waals surface area contributed by atoms with Crippen LogP contribution in [0.1, 0.15) is 32.1 Å². The van der Waals surface area contributed by atoms with Gasteiger partial charge in [0, 0.05) is 0 Å². The zero-order chi connectivity index (χ0) is 5.82. The smallest absolute Gasteiger partial charge is 0.227 e. The van der Waals surface area contributed by atoms with E-state index in [9.17, 15) is 0 Å². The van der Waals surface area contributed by atoms with Crippen LogP contribution in [0.25, 0.3) is 0 Å². The third-order valence-electron chi connectivity index (χ3n) is 1.79. The molecule has 0 unspecified atom stereocenters. The van der Waals surface area contributed by atoms with Gasteiger partial charge in [-0.25, -0.2) is 0 Å². The summed E-state index contributed by atoms with van der Waals surface area (Å²) in [6, 6.07) is 0. The second kappa shape index (κ2) is 3.25. The normalized spacial score (nSPS) is 23.6. The molecule has 0 bridgehead atoms. The van der Waals surface area contributed by atoms with Gasteiger partial charge in [0.2, 0.25) is 9.76 Å². The summed E-state index contributed by atoms with van der Waals surface area (Å²) in [6.07, 6.45) is 6.63. The molecule has 46 valence electrons. The number of hydrogen-bond acceptors (Lipinski definition) is 1. The molecule has 1 aliphatic carbocycles. The van der Waals surface area contributed by atoms with Crippen molar-refractivity contribution in [2.45, 2.75) is 37.6 Å². The summed E-state index contributed by atoms with van der Waals surface area (Å²) in [5, 5.41) is 0. The maximum absolute atomic E-state index is 8.72. The largest absolute Gasteiger partial charge is 0.431 e. The van der Waals surface area contributed by atoms with E-state index in [4.69, 9.17) is 4.80 Å². The predicted molar refractivity (Wildman–Crippen MR) is 34.8 cm³/mol. The van der Waals surface area contributed by atoms with Crippen LogP contribution in [0.3, 0.4) is 0 Å². The Morgan fingerprint density at radius 2 is 1.75 bits per heavy atom. The van der Waals surface area contributed by atoms with Gasteiger partial charge < -0.3 is 4.80 Å². The molecular weight excluding hydrogens is 116 g/mol. The first kappa shape index (κ1) is 6.30. The lowest BCUT2D eigenvalue weighted by Gasteiger charge is -2.16. The van der Waals surface area contributed by atoms with E-state index >= 15 is 0 Å². The Morgan fingerprint density at radius 3 is 2.12 bits per heavy atom. The lowest BCUT2D eigenvalue weighted by Crippen LogP contribution is -2.06. The Labute approximate surface area is 53.1 Å². The highest BCUT2D eigenvalue weighted by molar-refractivity contribution is 6.27. The fraction of sp³-hybridized carbons (Fsp3) is 1.00. The van der Waals surface area contributed by atoms with E-state index in [0.717, 1.165) is 0 Å². The SMILES string of the molecule is O[Si]C1CCCCC1. The van der Waals surface area contributed by atoms with Crippen molar-refractivity contribution in [1.29, 1.82) is 0 Å². The maximum Gasteiger partial charge on any atom is 0.227 e.